The Balaban J connectivity index is 1.73. The van der Waals surface area contributed by atoms with Crippen LogP contribution in [0.5, 0.6) is 11.5 Å². The van der Waals surface area contributed by atoms with E-state index in [4.69, 9.17) is 18.6 Å². The van der Waals surface area contributed by atoms with Crippen LogP contribution in [0, 0.1) is 10.1 Å². The van der Waals surface area contributed by atoms with Gasteiger partial charge in [0.15, 0.2) is 19.8 Å². The summed E-state index contributed by atoms with van der Waals surface area (Å²) < 4.78 is 22.6. The van der Waals surface area contributed by atoms with E-state index in [1.165, 1.54) is 32.4 Å². The van der Waals surface area contributed by atoms with Gasteiger partial charge in [-0.25, -0.2) is 4.79 Å². The summed E-state index contributed by atoms with van der Waals surface area (Å²) in [5.74, 6) is 0.464. The van der Waals surface area contributed by atoms with Crippen molar-refractivity contribution in [2.24, 2.45) is 0 Å². The molecule has 11 nitrogen and oxygen atoms in total. The Morgan fingerprint density at radius 2 is 1.76 bits per heavy atom. The third kappa shape index (κ3) is 8.10. The van der Waals surface area contributed by atoms with Gasteiger partial charge in [-0.1, -0.05) is 26.8 Å². The highest BCUT2D eigenvalue weighted by Gasteiger charge is 2.39. The van der Waals surface area contributed by atoms with Crippen LogP contribution >= 0.6 is 0 Å². The molecule has 1 unspecified atom stereocenters. The summed E-state index contributed by atoms with van der Waals surface area (Å²) in [6, 6.07) is 9.01. The van der Waals surface area contributed by atoms with E-state index < -0.39 is 19.3 Å². The van der Waals surface area contributed by atoms with Crippen LogP contribution in [0.1, 0.15) is 49.5 Å². The molecule has 0 bridgehead atoms. The first kappa shape index (κ1) is 32.6. The quantitative estimate of drug-likeness (QED) is 0.176. The van der Waals surface area contributed by atoms with Gasteiger partial charge < -0.3 is 23.5 Å². The summed E-state index contributed by atoms with van der Waals surface area (Å²) in [7, 11) is 0.952. The van der Waals surface area contributed by atoms with E-state index in [0.717, 1.165) is 18.4 Å². The van der Waals surface area contributed by atoms with Crippen LogP contribution in [0.15, 0.2) is 42.5 Å². The maximum Gasteiger partial charge on any atom is 0.411 e. The van der Waals surface area contributed by atoms with Gasteiger partial charge >= 0.3 is 6.09 Å². The standard InChI is InChI=1S/C30H41N3O8Si/c1-30(2,3)42(6,7)41-20-23-11-8-16-32(23)28(34)24-18-26(38-4)27(39-5)19-25(24)31-29(35)40-17-9-10-21-12-14-22(15-13-21)33(36)37/h9-10,12-15,18-19,23H,8,11,16-17,20H2,1-7H3,(H,31,35). The van der Waals surface area contributed by atoms with Gasteiger partial charge in [0.2, 0.25) is 0 Å². The van der Waals surface area contributed by atoms with Crippen molar-refractivity contribution in [2.45, 2.75) is 57.8 Å². The lowest BCUT2D eigenvalue weighted by molar-refractivity contribution is -0.384. The summed E-state index contributed by atoms with van der Waals surface area (Å²) in [6.45, 7) is 11.9. The van der Waals surface area contributed by atoms with E-state index in [1.54, 1.807) is 35.3 Å². The molecule has 1 fully saturated rings. The molecule has 3 rings (SSSR count). The molecule has 1 aliphatic rings. The number of nitrogens with zero attached hydrogens (tertiary/aromatic N) is 2. The Morgan fingerprint density at radius 1 is 1.12 bits per heavy atom. The van der Waals surface area contributed by atoms with Crippen LogP contribution in [0.2, 0.25) is 18.1 Å². The van der Waals surface area contributed by atoms with Gasteiger partial charge in [0.1, 0.15) is 6.61 Å². The average Bonchev–Trinajstić information content (AvgIpc) is 3.42. The second-order valence-corrected chi connectivity index (χ2v) is 16.4. The molecule has 1 heterocycles. The fourth-order valence-corrected chi connectivity index (χ4v) is 5.31. The minimum atomic E-state index is -2.00. The number of benzene rings is 2. The van der Waals surface area contributed by atoms with Crippen LogP contribution in [0.3, 0.4) is 0 Å². The molecule has 0 spiro atoms. The minimum absolute atomic E-state index is 0.00794. The number of methoxy groups -OCH3 is 2. The van der Waals surface area contributed by atoms with Gasteiger partial charge in [-0.05, 0) is 60.8 Å². The third-order valence-corrected chi connectivity index (χ3v) is 12.3. The molecule has 1 aliphatic heterocycles. The molecule has 2 aromatic rings. The van der Waals surface area contributed by atoms with Gasteiger partial charge in [0.25, 0.3) is 11.6 Å². The molecule has 0 saturated carbocycles. The molecule has 1 atom stereocenters. The lowest BCUT2D eigenvalue weighted by Gasteiger charge is -2.38. The number of rotatable bonds is 11. The Bertz CT molecular complexity index is 1300. The van der Waals surface area contributed by atoms with Crippen molar-refractivity contribution in [1.82, 2.24) is 4.90 Å². The number of hydrogen-bond donors (Lipinski definition) is 1. The summed E-state index contributed by atoms with van der Waals surface area (Å²) in [6.07, 6.45) is 4.22. The molecule has 1 saturated heterocycles. The van der Waals surface area contributed by atoms with Crippen molar-refractivity contribution in [3.8, 4) is 11.5 Å². The summed E-state index contributed by atoms with van der Waals surface area (Å²) >= 11 is 0. The number of ether oxygens (including phenoxy) is 3. The molecule has 0 radical (unpaired) electrons. The monoisotopic (exact) mass is 599 g/mol. The predicted octanol–water partition coefficient (Wildman–Crippen LogP) is 6.50. The Hall–Kier alpha value is -3.90. The fourth-order valence-electron chi connectivity index (χ4n) is 4.27. The maximum absolute atomic E-state index is 13.9. The van der Waals surface area contributed by atoms with Crippen molar-refractivity contribution < 1.29 is 33.1 Å². The van der Waals surface area contributed by atoms with Crippen LogP contribution in [-0.2, 0) is 9.16 Å². The highest BCUT2D eigenvalue weighted by Crippen LogP contribution is 2.38. The van der Waals surface area contributed by atoms with E-state index in [9.17, 15) is 19.7 Å². The number of nitro benzene ring substituents is 1. The Kier molecular flexibility index (Phi) is 10.7. The maximum atomic E-state index is 13.9. The highest BCUT2D eigenvalue weighted by atomic mass is 28.4. The number of nitrogens with one attached hydrogen (secondary N) is 1. The Morgan fingerprint density at radius 3 is 2.36 bits per heavy atom. The number of hydrogen-bond acceptors (Lipinski definition) is 8. The number of non-ortho nitro benzene ring substituents is 1. The van der Waals surface area contributed by atoms with Crippen molar-refractivity contribution in [3.05, 3.63) is 63.7 Å². The summed E-state index contributed by atoms with van der Waals surface area (Å²) in [5.41, 5.74) is 1.20. The molecule has 42 heavy (non-hydrogen) atoms. The number of nitro groups is 1. The molecular formula is C30H41N3O8Si. The number of likely N-dealkylation sites (tertiary alicyclic amines) is 1. The SMILES string of the molecule is COc1cc(NC(=O)OCC=Cc2ccc([N+](=O)[O-])cc2)c(C(=O)N2CCCC2CO[Si](C)(C)C(C)(C)C)cc1OC. The van der Waals surface area contributed by atoms with Crippen molar-refractivity contribution in [3.63, 3.8) is 0 Å². The molecule has 228 valence electrons. The fraction of sp³-hybridized carbons (Fsp3) is 0.467. The number of carbonyl (C=O) groups is 2. The summed E-state index contributed by atoms with van der Waals surface area (Å²) in [4.78, 5) is 38.7. The predicted molar refractivity (Wildman–Crippen MR) is 164 cm³/mol. The molecule has 2 aromatic carbocycles. The second-order valence-electron chi connectivity index (χ2n) is 11.6. The van der Waals surface area contributed by atoms with E-state index in [0.29, 0.717) is 24.7 Å². The van der Waals surface area contributed by atoms with Crippen molar-refractivity contribution >= 4 is 37.8 Å². The lowest BCUT2D eigenvalue weighted by Crippen LogP contribution is -2.46. The number of amides is 2. The van der Waals surface area contributed by atoms with Crippen LogP contribution in [-0.4, -0.2) is 70.2 Å². The van der Waals surface area contributed by atoms with E-state index >= 15 is 0 Å². The first-order valence-electron chi connectivity index (χ1n) is 13.8. The minimum Gasteiger partial charge on any atom is -0.493 e. The van der Waals surface area contributed by atoms with Gasteiger partial charge in [0.05, 0.1) is 43.0 Å². The van der Waals surface area contributed by atoms with Crippen LogP contribution in [0.25, 0.3) is 6.08 Å². The molecule has 2 amide bonds. The van der Waals surface area contributed by atoms with Gasteiger partial charge in [-0.2, -0.15) is 0 Å². The smallest absolute Gasteiger partial charge is 0.411 e. The van der Waals surface area contributed by atoms with E-state index in [-0.39, 0.29) is 40.5 Å². The second kappa shape index (κ2) is 13.8. The van der Waals surface area contributed by atoms with Crippen molar-refractivity contribution in [1.29, 1.82) is 0 Å². The summed E-state index contributed by atoms with van der Waals surface area (Å²) in [5, 5.41) is 13.5. The van der Waals surface area contributed by atoms with Crippen LogP contribution in [0.4, 0.5) is 16.2 Å². The largest absolute Gasteiger partial charge is 0.493 e. The Labute approximate surface area is 248 Å². The van der Waals surface area contributed by atoms with Crippen molar-refractivity contribution in [2.75, 3.05) is 39.3 Å². The highest BCUT2D eigenvalue weighted by molar-refractivity contribution is 6.74. The van der Waals surface area contributed by atoms with Gasteiger partial charge in [-0.15, -0.1) is 0 Å². The zero-order chi connectivity index (χ0) is 31.1. The molecule has 12 heteroatoms. The molecule has 1 N–H and O–H groups in total. The third-order valence-electron chi connectivity index (χ3n) is 7.80. The lowest BCUT2D eigenvalue weighted by atomic mass is 10.1. The number of anilines is 1. The zero-order valence-corrected chi connectivity index (χ0v) is 26.4. The topological polar surface area (TPSA) is 129 Å². The number of carbonyl (C=O) groups excluding carboxylic acids is 2. The van der Waals surface area contributed by atoms with E-state index in [2.05, 4.69) is 39.2 Å². The first-order chi connectivity index (χ1) is 19.8. The van der Waals surface area contributed by atoms with Crippen LogP contribution < -0.4 is 14.8 Å². The molecule has 0 aliphatic carbocycles. The zero-order valence-electron chi connectivity index (χ0n) is 25.4. The average molecular weight is 600 g/mol. The molecular weight excluding hydrogens is 558 g/mol. The first-order valence-corrected chi connectivity index (χ1v) is 16.7. The van der Waals surface area contributed by atoms with E-state index in [1.807, 2.05) is 0 Å². The van der Waals surface area contributed by atoms with Gasteiger partial charge in [0, 0.05) is 24.7 Å². The normalized spacial score (nSPS) is 15.5. The van der Waals surface area contributed by atoms with Gasteiger partial charge in [-0.3, -0.25) is 20.2 Å². The molecule has 0 aromatic heterocycles.